The maximum Gasteiger partial charge on any atom is 0.300 e. The summed E-state index contributed by atoms with van der Waals surface area (Å²) in [6, 6.07) is 9.28. The van der Waals surface area contributed by atoms with Crippen LogP contribution in [0.2, 0.25) is 0 Å². The number of hydrogen-bond acceptors (Lipinski definition) is 5. The Hall–Kier alpha value is -4.07. The van der Waals surface area contributed by atoms with Gasteiger partial charge in [0.25, 0.3) is 11.7 Å². The number of benzene rings is 2. The molecule has 162 valence electrons. The number of Topliss-reactive ketones (excluding diaryl/α,β-unsaturated/α-hetero) is 1. The Balaban J connectivity index is 1.96. The SMILES string of the molecule is COc1ccc(/C(O)=C2\C(=O)C(=O)N(c3cc(F)ccc3F)C2c2ccncc2)cc1C. The number of ketones is 1. The Kier molecular flexibility index (Phi) is 5.44. The highest BCUT2D eigenvalue weighted by Crippen LogP contribution is 2.43. The van der Waals surface area contributed by atoms with Gasteiger partial charge in [-0.05, 0) is 60.5 Å². The number of hydrogen-bond donors (Lipinski definition) is 1. The third-order valence-electron chi connectivity index (χ3n) is 5.30. The standard InChI is InChI=1S/C24H18F2N2O4/c1-13-11-15(3-6-19(13)32-2)22(29)20-21(14-7-9-27-10-8-14)28(24(31)23(20)30)18-12-16(25)4-5-17(18)26/h3-12,21,29H,1-2H3/b22-20+. The van der Waals surface area contributed by atoms with Gasteiger partial charge < -0.3 is 9.84 Å². The summed E-state index contributed by atoms with van der Waals surface area (Å²) in [6.07, 6.45) is 2.88. The van der Waals surface area contributed by atoms with Crippen LogP contribution in [0.5, 0.6) is 5.75 Å². The third kappa shape index (κ3) is 3.49. The van der Waals surface area contributed by atoms with Crippen LogP contribution in [0.3, 0.4) is 0 Å². The Bertz CT molecular complexity index is 1260. The number of nitrogens with zero attached hydrogens (tertiary/aromatic N) is 2. The van der Waals surface area contributed by atoms with E-state index in [0.29, 0.717) is 16.9 Å². The van der Waals surface area contributed by atoms with Crippen molar-refractivity contribution in [3.05, 3.63) is 94.8 Å². The topological polar surface area (TPSA) is 79.7 Å². The van der Waals surface area contributed by atoms with Crippen molar-refractivity contribution < 1.29 is 28.2 Å². The summed E-state index contributed by atoms with van der Waals surface area (Å²) < 4.78 is 33.8. The maximum absolute atomic E-state index is 14.6. The fourth-order valence-corrected chi connectivity index (χ4v) is 3.79. The maximum atomic E-state index is 14.6. The largest absolute Gasteiger partial charge is 0.507 e. The molecular formula is C24H18F2N2O4. The number of aromatic nitrogens is 1. The van der Waals surface area contributed by atoms with Crippen molar-refractivity contribution >= 4 is 23.1 Å². The van der Waals surface area contributed by atoms with E-state index in [9.17, 15) is 23.5 Å². The van der Waals surface area contributed by atoms with Gasteiger partial charge in [-0.15, -0.1) is 0 Å². The molecule has 32 heavy (non-hydrogen) atoms. The average molecular weight is 436 g/mol. The van der Waals surface area contributed by atoms with Crippen LogP contribution in [-0.2, 0) is 9.59 Å². The van der Waals surface area contributed by atoms with Crippen molar-refractivity contribution in [2.24, 2.45) is 0 Å². The van der Waals surface area contributed by atoms with E-state index in [4.69, 9.17) is 4.74 Å². The van der Waals surface area contributed by atoms with E-state index < -0.39 is 40.8 Å². The molecule has 0 saturated carbocycles. The first-order valence-corrected chi connectivity index (χ1v) is 9.64. The van der Waals surface area contributed by atoms with Gasteiger partial charge in [0, 0.05) is 24.0 Å². The number of halogens is 2. The molecule has 1 aliphatic heterocycles. The molecule has 4 rings (SSSR count). The minimum Gasteiger partial charge on any atom is -0.507 e. The van der Waals surface area contributed by atoms with Crippen molar-refractivity contribution in [2.45, 2.75) is 13.0 Å². The molecule has 2 heterocycles. The Labute approximate surface area is 182 Å². The van der Waals surface area contributed by atoms with Crippen LogP contribution in [-0.4, -0.2) is 28.9 Å². The predicted octanol–water partition coefficient (Wildman–Crippen LogP) is 4.30. The first-order chi connectivity index (χ1) is 15.3. The van der Waals surface area contributed by atoms with Crippen molar-refractivity contribution in [3.63, 3.8) is 0 Å². The molecule has 1 aliphatic rings. The minimum atomic E-state index is -1.18. The van der Waals surface area contributed by atoms with Gasteiger partial charge in [0.1, 0.15) is 23.1 Å². The number of anilines is 1. The Morgan fingerprint density at radius 3 is 2.44 bits per heavy atom. The second-order valence-electron chi connectivity index (χ2n) is 7.23. The highest BCUT2D eigenvalue weighted by Gasteiger charge is 2.47. The molecule has 0 spiro atoms. The summed E-state index contributed by atoms with van der Waals surface area (Å²) in [5.74, 6) is -3.61. The molecule has 1 atom stereocenters. The molecular weight excluding hydrogens is 418 g/mol. The summed E-state index contributed by atoms with van der Waals surface area (Å²) in [7, 11) is 1.50. The van der Waals surface area contributed by atoms with E-state index in [2.05, 4.69) is 4.98 Å². The molecule has 1 saturated heterocycles. The fourth-order valence-electron chi connectivity index (χ4n) is 3.79. The van der Waals surface area contributed by atoms with E-state index in [-0.39, 0.29) is 11.1 Å². The zero-order chi connectivity index (χ0) is 23.0. The number of ether oxygens (including phenoxy) is 1. The Morgan fingerprint density at radius 2 is 1.78 bits per heavy atom. The molecule has 0 bridgehead atoms. The quantitative estimate of drug-likeness (QED) is 0.375. The van der Waals surface area contributed by atoms with Crippen molar-refractivity contribution in [1.29, 1.82) is 0 Å². The van der Waals surface area contributed by atoms with Gasteiger partial charge in [0.2, 0.25) is 0 Å². The first kappa shape index (κ1) is 21.2. The monoisotopic (exact) mass is 436 g/mol. The molecule has 6 nitrogen and oxygen atoms in total. The molecule has 1 unspecified atom stereocenters. The second kappa shape index (κ2) is 8.22. The summed E-state index contributed by atoms with van der Waals surface area (Å²) in [5, 5.41) is 11.1. The van der Waals surface area contributed by atoms with E-state index >= 15 is 0 Å². The third-order valence-corrected chi connectivity index (χ3v) is 5.30. The minimum absolute atomic E-state index is 0.241. The van der Waals surface area contributed by atoms with Crippen molar-refractivity contribution in [2.75, 3.05) is 12.0 Å². The van der Waals surface area contributed by atoms with Gasteiger partial charge in [-0.3, -0.25) is 19.5 Å². The van der Waals surface area contributed by atoms with Crippen LogP contribution in [0.4, 0.5) is 14.5 Å². The van der Waals surface area contributed by atoms with Gasteiger partial charge in [-0.2, -0.15) is 0 Å². The average Bonchev–Trinajstić information content (AvgIpc) is 3.06. The lowest BCUT2D eigenvalue weighted by molar-refractivity contribution is -0.132. The van der Waals surface area contributed by atoms with Gasteiger partial charge in [-0.1, -0.05) is 0 Å². The van der Waals surface area contributed by atoms with Crippen LogP contribution in [0, 0.1) is 18.6 Å². The van der Waals surface area contributed by atoms with Crippen LogP contribution in [0.1, 0.15) is 22.7 Å². The summed E-state index contributed by atoms with van der Waals surface area (Å²) in [5.41, 5.74) is 0.727. The molecule has 0 radical (unpaired) electrons. The second-order valence-corrected chi connectivity index (χ2v) is 7.23. The van der Waals surface area contributed by atoms with Crippen LogP contribution >= 0.6 is 0 Å². The van der Waals surface area contributed by atoms with Crippen molar-refractivity contribution in [3.8, 4) is 5.75 Å². The number of aliphatic hydroxyl groups excluding tert-OH is 1. The predicted molar refractivity (Wildman–Crippen MR) is 113 cm³/mol. The van der Waals surface area contributed by atoms with E-state index in [1.165, 1.54) is 31.6 Å². The molecule has 8 heteroatoms. The van der Waals surface area contributed by atoms with Gasteiger partial charge >= 0.3 is 0 Å². The molecule has 3 aromatic rings. The zero-order valence-electron chi connectivity index (χ0n) is 17.2. The lowest BCUT2D eigenvalue weighted by Gasteiger charge is -2.25. The van der Waals surface area contributed by atoms with Crippen LogP contribution in [0.15, 0.2) is 66.5 Å². The first-order valence-electron chi connectivity index (χ1n) is 9.64. The zero-order valence-corrected chi connectivity index (χ0v) is 17.2. The van der Waals surface area contributed by atoms with E-state index in [0.717, 1.165) is 23.1 Å². The highest BCUT2D eigenvalue weighted by molar-refractivity contribution is 6.51. The van der Waals surface area contributed by atoms with E-state index in [1.54, 1.807) is 25.1 Å². The Morgan fingerprint density at radius 1 is 1.06 bits per heavy atom. The number of pyridine rings is 1. The van der Waals surface area contributed by atoms with Crippen molar-refractivity contribution in [1.82, 2.24) is 4.98 Å². The lowest BCUT2D eigenvalue weighted by atomic mass is 9.95. The lowest BCUT2D eigenvalue weighted by Crippen LogP contribution is -2.30. The molecule has 1 amide bonds. The number of amides is 1. The number of rotatable bonds is 4. The number of methoxy groups -OCH3 is 1. The van der Waals surface area contributed by atoms with Gasteiger partial charge in [0.05, 0.1) is 24.4 Å². The van der Waals surface area contributed by atoms with Gasteiger partial charge in [0.15, 0.2) is 0 Å². The molecule has 2 aromatic carbocycles. The number of aliphatic hydroxyl groups is 1. The van der Waals surface area contributed by atoms with Crippen LogP contribution in [0.25, 0.3) is 5.76 Å². The molecule has 1 fully saturated rings. The molecule has 0 aliphatic carbocycles. The van der Waals surface area contributed by atoms with Gasteiger partial charge in [-0.25, -0.2) is 8.78 Å². The summed E-state index contributed by atoms with van der Waals surface area (Å²) >= 11 is 0. The number of carbonyl (C=O) groups excluding carboxylic acids is 2. The number of aryl methyl sites for hydroxylation is 1. The fraction of sp³-hybridized carbons (Fsp3) is 0.125. The number of carbonyl (C=O) groups is 2. The summed E-state index contributed by atoms with van der Waals surface area (Å²) in [4.78, 5) is 30.8. The molecule has 1 aromatic heterocycles. The van der Waals surface area contributed by atoms with E-state index in [1.807, 2.05) is 0 Å². The molecule has 1 N–H and O–H groups in total. The highest BCUT2D eigenvalue weighted by atomic mass is 19.1. The normalized spacial score (nSPS) is 17.6. The van der Waals surface area contributed by atoms with Crippen LogP contribution < -0.4 is 9.64 Å². The summed E-state index contributed by atoms with van der Waals surface area (Å²) in [6.45, 7) is 1.76. The smallest absolute Gasteiger partial charge is 0.300 e.